The summed E-state index contributed by atoms with van der Waals surface area (Å²) in [4.78, 5) is 32.3. The Morgan fingerprint density at radius 2 is 2.07 bits per heavy atom. The molecule has 7 nitrogen and oxygen atoms in total. The summed E-state index contributed by atoms with van der Waals surface area (Å²) in [6.07, 6.45) is 1.48. The van der Waals surface area contributed by atoms with Gasteiger partial charge < -0.3 is 19.5 Å². The summed E-state index contributed by atoms with van der Waals surface area (Å²) in [5.74, 6) is -1.42. The number of rotatable bonds is 5. The number of aliphatic hydroxyl groups is 1. The van der Waals surface area contributed by atoms with Crippen LogP contribution in [0, 0.1) is 13.8 Å². The number of benzene rings is 1. The highest BCUT2D eigenvalue weighted by atomic mass is 35.5. The molecule has 1 amide bonds. The van der Waals surface area contributed by atoms with Crippen molar-refractivity contribution < 1.29 is 24.2 Å². The standard InChI is InChI=1S/C21H17ClN2O5S/c1-10-20(30-11(2)23-10)18(26)16-17(12-5-6-15(25)14(22)8-12)24(21(28)19(16)27)9-13-4-3-7-29-13/h3-8,17,25,27H,9H2,1-2H3. The quantitative estimate of drug-likeness (QED) is 0.562. The van der Waals surface area contributed by atoms with E-state index in [0.29, 0.717) is 26.9 Å². The second-order valence-corrected chi connectivity index (χ2v) is 8.48. The van der Waals surface area contributed by atoms with Crippen LogP contribution >= 0.6 is 22.9 Å². The summed E-state index contributed by atoms with van der Waals surface area (Å²) in [5, 5.41) is 21.2. The van der Waals surface area contributed by atoms with Gasteiger partial charge >= 0.3 is 0 Å². The molecule has 1 atom stereocenters. The number of thiazole rings is 1. The van der Waals surface area contributed by atoms with E-state index in [0.717, 1.165) is 0 Å². The number of aryl methyl sites for hydroxylation is 2. The van der Waals surface area contributed by atoms with Gasteiger partial charge in [0.25, 0.3) is 5.91 Å². The number of hydrogen-bond acceptors (Lipinski definition) is 7. The lowest BCUT2D eigenvalue weighted by molar-refractivity contribution is -0.130. The minimum Gasteiger partial charge on any atom is -0.506 e. The third kappa shape index (κ3) is 3.38. The van der Waals surface area contributed by atoms with E-state index in [2.05, 4.69) is 4.98 Å². The van der Waals surface area contributed by atoms with Crippen molar-refractivity contribution in [1.29, 1.82) is 0 Å². The Labute approximate surface area is 180 Å². The molecule has 1 aliphatic rings. The Hall–Kier alpha value is -3.10. The SMILES string of the molecule is Cc1nc(C)c(C(=O)C2=C(O)C(=O)N(Cc3ccco3)C2c2ccc(O)c(Cl)c2)s1. The smallest absolute Gasteiger partial charge is 0.290 e. The molecule has 1 unspecified atom stereocenters. The number of Topliss-reactive ketones (excluding diaryl/α,β-unsaturated/α-hetero) is 1. The number of aromatic nitrogens is 1. The van der Waals surface area contributed by atoms with Crippen molar-refractivity contribution >= 4 is 34.6 Å². The number of furan rings is 1. The molecular weight excluding hydrogens is 428 g/mol. The first-order valence-electron chi connectivity index (χ1n) is 9.01. The minimum atomic E-state index is -0.907. The highest BCUT2D eigenvalue weighted by Gasteiger charge is 2.45. The molecule has 3 heterocycles. The fourth-order valence-electron chi connectivity index (χ4n) is 3.52. The number of nitrogens with zero attached hydrogens (tertiary/aromatic N) is 2. The van der Waals surface area contributed by atoms with Gasteiger partial charge in [-0.3, -0.25) is 9.59 Å². The maximum Gasteiger partial charge on any atom is 0.290 e. The predicted octanol–water partition coefficient (Wildman–Crippen LogP) is 4.49. The van der Waals surface area contributed by atoms with Crippen LogP contribution in [0.25, 0.3) is 0 Å². The number of phenols is 1. The molecule has 3 aromatic rings. The zero-order valence-corrected chi connectivity index (χ0v) is 17.6. The van der Waals surface area contributed by atoms with Gasteiger partial charge in [-0.05, 0) is 43.7 Å². The fourth-order valence-corrected chi connectivity index (χ4v) is 4.59. The molecule has 2 N–H and O–H groups in total. The van der Waals surface area contributed by atoms with E-state index >= 15 is 0 Å². The van der Waals surface area contributed by atoms with Crippen molar-refractivity contribution in [3.05, 3.63) is 79.9 Å². The van der Waals surface area contributed by atoms with E-state index in [1.54, 1.807) is 32.0 Å². The van der Waals surface area contributed by atoms with Crippen LogP contribution in [0.1, 0.15) is 37.7 Å². The molecule has 1 aromatic carbocycles. The van der Waals surface area contributed by atoms with Crippen LogP contribution in [0.15, 0.2) is 52.3 Å². The number of hydrogen-bond donors (Lipinski definition) is 2. The summed E-state index contributed by atoms with van der Waals surface area (Å²) in [6, 6.07) is 6.89. The van der Waals surface area contributed by atoms with Gasteiger partial charge in [0.2, 0.25) is 5.78 Å². The summed E-state index contributed by atoms with van der Waals surface area (Å²) in [7, 11) is 0. The number of amides is 1. The summed E-state index contributed by atoms with van der Waals surface area (Å²) in [6.45, 7) is 3.53. The summed E-state index contributed by atoms with van der Waals surface area (Å²) in [5.41, 5.74) is 0.950. The molecule has 30 heavy (non-hydrogen) atoms. The van der Waals surface area contributed by atoms with E-state index in [-0.39, 0.29) is 22.9 Å². The second kappa shape index (κ2) is 7.62. The van der Waals surface area contributed by atoms with Crippen molar-refractivity contribution in [2.75, 3.05) is 0 Å². The van der Waals surface area contributed by atoms with Crippen molar-refractivity contribution in [3.8, 4) is 5.75 Å². The first-order chi connectivity index (χ1) is 14.3. The lowest BCUT2D eigenvalue weighted by atomic mass is 9.95. The Morgan fingerprint density at radius 3 is 2.67 bits per heavy atom. The van der Waals surface area contributed by atoms with E-state index in [4.69, 9.17) is 16.0 Å². The van der Waals surface area contributed by atoms with Crippen molar-refractivity contribution in [2.45, 2.75) is 26.4 Å². The van der Waals surface area contributed by atoms with Gasteiger partial charge in [-0.15, -0.1) is 11.3 Å². The molecule has 0 aliphatic carbocycles. The van der Waals surface area contributed by atoms with Gasteiger partial charge in [0, 0.05) is 0 Å². The van der Waals surface area contributed by atoms with E-state index < -0.39 is 23.5 Å². The highest BCUT2D eigenvalue weighted by molar-refractivity contribution is 7.14. The second-order valence-electron chi connectivity index (χ2n) is 6.86. The number of ketones is 1. The van der Waals surface area contributed by atoms with Crippen molar-refractivity contribution in [2.24, 2.45) is 0 Å². The normalized spacial score (nSPS) is 16.6. The number of carbonyl (C=O) groups is 2. The van der Waals surface area contributed by atoms with Crippen LogP contribution < -0.4 is 0 Å². The molecule has 2 aromatic heterocycles. The maximum atomic E-state index is 13.4. The van der Waals surface area contributed by atoms with Gasteiger partial charge in [-0.2, -0.15) is 0 Å². The van der Waals surface area contributed by atoms with E-state index in [1.807, 2.05) is 0 Å². The third-order valence-corrected chi connectivity index (χ3v) is 6.23. The Balaban J connectivity index is 1.84. The third-order valence-electron chi connectivity index (χ3n) is 4.85. The zero-order valence-electron chi connectivity index (χ0n) is 16.0. The van der Waals surface area contributed by atoms with Gasteiger partial charge in [0.1, 0.15) is 11.5 Å². The van der Waals surface area contributed by atoms with Crippen LogP contribution in [-0.2, 0) is 11.3 Å². The highest BCUT2D eigenvalue weighted by Crippen LogP contribution is 2.42. The number of aliphatic hydroxyl groups excluding tert-OH is 1. The fraction of sp³-hybridized carbons (Fsp3) is 0.190. The van der Waals surface area contributed by atoms with Crippen LogP contribution in [-0.4, -0.2) is 31.8 Å². The van der Waals surface area contributed by atoms with Gasteiger partial charge in [-0.1, -0.05) is 17.7 Å². The number of phenolic OH excluding ortho intramolecular Hbond substituents is 1. The van der Waals surface area contributed by atoms with Gasteiger partial charge in [0.05, 0.1) is 45.0 Å². The van der Waals surface area contributed by atoms with Gasteiger partial charge in [0.15, 0.2) is 5.76 Å². The number of carbonyl (C=O) groups excluding carboxylic acids is 2. The van der Waals surface area contributed by atoms with Crippen LogP contribution in [0.3, 0.4) is 0 Å². The molecule has 9 heteroatoms. The van der Waals surface area contributed by atoms with Crippen molar-refractivity contribution in [3.63, 3.8) is 0 Å². The van der Waals surface area contributed by atoms with E-state index in [1.165, 1.54) is 34.6 Å². The van der Waals surface area contributed by atoms with Crippen LogP contribution in [0.2, 0.25) is 5.02 Å². The molecule has 0 saturated heterocycles. The molecule has 0 saturated carbocycles. The van der Waals surface area contributed by atoms with Crippen LogP contribution in [0.4, 0.5) is 0 Å². The average Bonchev–Trinajstić information content (AvgIpc) is 3.39. The summed E-state index contributed by atoms with van der Waals surface area (Å²) >= 11 is 7.29. The minimum absolute atomic E-state index is 0.0382. The number of aromatic hydroxyl groups is 1. The molecule has 1 aliphatic heterocycles. The lowest BCUT2D eigenvalue weighted by Crippen LogP contribution is -2.30. The first kappa shape index (κ1) is 20.2. The molecular formula is C21H17ClN2O5S. The molecule has 0 spiro atoms. The molecule has 0 fully saturated rings. The molecule has 154 valence electrons. The Bertz CT molecular complexity index is 1180. The average molecular weight is 445 g/mol. The summed E-state index contributed by atoms with van der Waals surface area (Å²) < 4.78 is 5.36. The van der Waals surface area contributed by atoms with Crippen LogP contribution in [0.5, 0.6) is 5.75 Å². The maximum absolute atomic E-state index is 13.4. The largest absolute Gasteiger partial charge is 0.506 e. The predicted molar refractivity (Wildman–Crippen MR) is 111 cm³/mol. The monoisotopic (exact) mass is 444 g/mol. The molecule has 4 rings (SSSR count). The van der Waals surface area contributed by atoms with E-state index in [9.17, 15) is 19.8 Å². The first-order valence-corrected chi connectivity index (χ1v) is 10.2. The molecule has 0 bridgehead atoms. The lowest BCUT2D eigenvalue weighted by Gasteiger charge is -2.26. The zero-order chi connectivity index (χ0) is 21.6. The Morgan fingerprint density at radius 1 is 1.30 bits per heavy atom. The van der Waals surface area contributed by atoms with Gasteiger partial charge in [-0.25, -0.2) is 4.98 Å². The Kier molecular flexibility index (Phi) is 5.13. The topological polar surface area (TPSA) is 104 Å². The van der Waals surface area contributed by atoms with Crippen molar-refractivity contribution in [1.82, 2.24) is 9.88 Å². The molecule has 0 radical (unpaired) electrons. The number of halogens is 1.